The molecule has 0 aliphatic heterocycles. The Hall–Kier alpha value is -2.04. The number of carbonyl (C=O) groups excluding carboxylic acids is 1. The number of methoxy groups -OCH3 is 1. The zero-order valence-electron chi connectivity index (χ0n) is 11.3. The lowest BCUT2D eigenvalue weighted by Crippen LogP contribution is -2.40. The number of amides is 1. The van der Waals surface area contributed by atoms with E-state index in [-0.39, 0.29) is 12.3 Å². The molecule has 2 unspecified atom stereocenters. The second-order valence-electron chi connectivity index (χ2n) is 4.51. The molecule has 5 heteroatoms. The van der Waals surface area contributed by atoms with E-state index in [1.54, 1.807) is 33.1 Å². The van der Waals surface area contributed by atoms with E-state index >= 15 is 0 Å². The van der Waals surface area contributed by atoms with Crippen molar-refractivity contribution in [3.63, 3.8) is 0 Å². The van der Waals surface area contributed by atoms with Gasteiger partial charge in [0, 0.05) is 6.04 Å². The molecule has 0 fully saturated rings. The van der Waals surface area contributed by atoms with Gasteiger partial charge in [-0.2, -0.15) is 0 Å². The second-order valence-corrected chi connectivity index (χ2v) is 4.51. The fourth-order valence-corrected chi connectivity index (χ4v) is 1.57. The first-order valence-electron chi connectivity index (χ1n) is 6.09. The summed E-state index contributed by atoms with van der Waals surface area (Å²) in [7, 11) is 1.58. The van der Waals surface area contributed by atoms with Crippen molar-refractivity contribution in [2.24, 2.45) is 5.92 Å². The number of carboxylic acid groups (broad SMARTS) is 1. The highest BCUT2D eigenvalue weighted by Gasteiger charge is 2.20. The number of aliphatic carboxylic acids is 1. The summed E-state index contributed by atoms with van der Waals surface area (Å²) in [6.45, 7) is 3.26. The van der Waals surface area contributed by atoms with Crippen molar-refractivity contribution < 1.29 is 19.4 Å². The molecule has 0 heterocycles. The second kappa shape index (κ2) is 6.78. The SMILES string of the molecule is COc1ccc(CC(=O)NC(C)C(C)C(=O)O)cc1. The maximum atomic E-state index is 11.8. The fourth-order valence-electron chi connectivity index (χ4n) is 1.57. The molecule has 0 aliphatic rings. The van der Waals surface area contributed by atoms with Gasteiger partial charge in [0.2, 0.25) is 5.91 Å². The topological polar surface area (TPSA) is 75.6 Å². The van der Waals surface area contributed by atoms with Crippen molar-refractivity contribution in [1.82, 2.24) is 5.32 Å². The molecule has 0 aromatic heterocycles. The molecule has 2 atom stereocenters. The van der Waals surface area contributed by atoms with Crippen LogP contribution >= 0.6 is 0 Å². The molecule has 104 valence electrons. The Bertz CT molecular complexity index is 441. The van der Waals surface area contributed by atoms with Gasteiger partial charge < -0.3 is 15.2 Å². The van der Waals surface area contributed by atoms with Gasteiger partial charge in [-0.3, -0.25) is 9.59 Å². The summed E-state index contributed by atoms with van der Waals surface area (Å²) in [5.74, 6) is -0.986. The minimum atomic E-state index is -0.919. The van der Waals surface area contributed by atoms with Crippen LogP contribution in [0.3, 0.4) is 0 Å². The van der Waals surface area contributed by atoms with Crippen molar-refractivity contribution in [3.8, 4) is 5.75 Å². The molecule has 0 radical (unpaired) electrons. The number of hydrogen-bond donors (Lipinski definition) is 2. The van der Waals surface area contributed by atoms with Crippen molar-refractivity contribution in [2.45, 2.75) is 26.3 Å². The highest BCUT2D eigenvalue weighted by molar-refractivity contribution is 5.80. The van der Waals surface area contributed by atoms with Crippen LogP contribution in [0.1, 0.15) is 19.4 Å². The van der Waals surface area contributed by atoms with Gasteiger partial charge in [-0.1, -0.05) is 12.1 Å². The first kappa shape index (κ1) is 15.0. The lowest BCUT2D eigenvalue weighted by Gasteiger charge is -2.17. The van der Waals surface area contributed by atoms with E-state index in [1.807, 2.05) is 12.1 Å². The third-order valence-electron chi connectivity index (χ3n) is 3.05. The molecule has 1 aromatic rings. The maximum Gasteiger partial charge on any atom is 0.308 e. The molecule has 0 bridgehead atoms. The fraction of sp³-hybridized carbons (Fsp3) is 0.429. The van der Waals surface area contributed by atoms with Gasteiger partial charge in [-0.25, -0.2) is 0 Å². The lowest BCUT2D eigenvalue weighted by atomic mass is 10.0. The predicted molar refractivity (Wildman–Crippen MR) is 71.1 cm³/mol. The van der Waals surface area contributed by atoms with Gasteiger partial charge in [0.25, 0.3) is 0 Å². The van der Waals surface area contributed by atoms with Gasteiger partial charge in [0.05, 0.1) is 19.4 Å². The summed E-state index contributed by atoms with van der Waals surface area (Å²) >= 11 is 0. The van der Waals surface area contributed by atoms with Gasteiger partial charge >= 0.3 is 5.97 Å². The minimum absolute atomic E-state index is 0.189. The van der Waals surface area contributed by atoms with E-state index in [4.69, 9.17) is 9.84 Å². The molecule has 19 heavy (non-hydrogen) atoms. The summed E-state index contributed by atoms with van der Waals surface area (Å²) in [6.07, 6.45) is 0.223. The number of carbonyl (C=O) groups is 2. The number of rotatable bonds is 6. The Balaban J connectivity index is 2.52. The number of carboxylic acids is 1. The molecule has 2 N–H and O–H groups in total. The molecule has 1 amide bonds. The van der Waals surface area contributed by atoms with Crippen LogP contribution in [-0.2, 0) is 16.0 Å². The van der Waals surface area contributed by atoms with Crippen LogP contribution in [-0.4, -0.2) is 30.1 Å². The maximum absolute atomic E-state index is 11.8. The van der Waals surface area contributed by atoms with Gasteiger partial charge in [-0.05, 0) is 31.5 Å². The number of hydrogen-bond acceptors (Lipinski definition) is 3. The highest BCUT2D eigenvalue weighted by atomic mass is 16.5. The summed E-state index contributed by atoms with van der Waals surface area (Å²) < 4.78 is 5.03. The van der Waals surface area contributed by atoms with E-state index < -0.39 is 17.9 Å². The molecule has 0 saturated carbocycles. The third-order valence-corrected chi connectivity index (χ3v) is 3.05. The largest absolute Gasteiger partial charge is 0.497 e. The van der Waals surface area contributed by atoms with Gasteiger partial charge in [0.15, 0.2) is 0 Å². The molecular weight excluding hydrogens is 246 g/mol. The van der Waals surface area contributed by atoms with E-state index in [1.165, 1.54) is 0 Å². The normalized spacial score (nSPS) is 13.4. The third kappa shape index (κ3) is 4.62. The number of ether oxygens (including phenoxy) is 1. The Morgan fingerprint density at radius 2 is 1.84 bits per heavy atom. The molecule has 0 aliphatic carbocycles. The van der Waals surface area contributed by atoms with E-state index in [9.17, 15) is 9.59 Å². The Labute approximate surface area is 112 Å². The molecule has 1 rings (SSSR count). The first-order chi connectivity index (χ1) is 8.93. The lowest BCUT2D eigenvalue weighted by molar-refractivity contribution is -0.142. The summed E-state index contributed by atoms with van der Waals surface area (Å²) in [5, 5.41) is 11.5. The molecule has 0 saturated heterocycles. The molecule has 5 nitrogen and oxygen atoms in total. The average molecular weight is 265 g/mol. The monoisotopic (exact) mass is 265 g/mol. The Kier molecular flexibility index (Phi) is 5.36. The Morgan fingerprint density at radius 1 is 1.26 bits per heavy atom. The average Bonchev–Trinajstić information content (AvgIpc) is 2.38. The van der Waals surface area contributed by atoms with Crippen molar-refractivity contribution in [3.05, 3.63) is 29.8 Å². The van der Waals surface area contributed by atoms with Crippen molar-refractivity contribution in [1.29, 1.82) is 0 Å². The van der Waals surface area contributed by atoms with Crippen LogP contribution in [0.15, 0.2) is 24.3 Å². The molecular formula is C14H19NO4. The zero-order chi connectivity index (χ0) is 14.4. The van der Waals surface area contributed by atoms with E-state index in [0.29, 0.717) is 0 Å². The smallest absolute Gasteiger partial charge is 0.308 e. The van der Waals surface area contributed by atoms with Crippen molar-refractivity contribution in [2.75, 3.05) is 7.11 Å². The standard InChI is InChI=1S/C14H19NO4/c1-9(14(17)18)10(2)15-13(16)8-11-4-6-12(19-3)7-5-11/h4-7,9-10H,8H2,1-3H3,(H,15,16)(H,17,18). The quantitative estimate of drug-likeness (QED) is 0.816. The van der Waals surface area contributed by atoms with Crippen LogP contribution in [0, 0.1) is 5.92 Å². The summed E-state index contributed by atoms with van der Waals surface area (Å²) in [5.41, 5.74) is 0.855. The number of nitrogens with one attached hydrogen (secondary N) is 1. The first-order valence-corrected chi connectivity index (χ1v) is 6.09. The van der Waals surface area contributed by atoms with E-state index in [0.717, 1.165) is 11.3 Å². The molecule has 1 aromatic carbocycles. The Morgan fingerprint density at radius 3 is 2.32 bits per heavy atom. The van der Waals surface area contributed by atoms with Gasteiger partial charge in [0.1, 0.15) is 5.75 Å². The summed E-state index contributed by atoms with van der Waals surface area (Å²) in [4.78, 5) is 22.6. The van der Waals surface area contributed by atoms with Crippen LogP contribution in [0.5, 0.6) is 5.75 Å². The van der Waals surface area contributed by atoms with Crippen LogP contribution in [0.25, 0.3) is 0 Å². The van der Waals surface area contributed by atoms with Crippen LogP contribution in [0.4, 0.5) is 0 Å². The number of benzene rings is 1. The van der Waals surface area contributed by atoms with Crippen LogP contribution in [0.2, 0.25) is 0 Å². The summed E-state index contributed by atoms with van der Waals surface area (Å²) in [6, 6.07) is 6.79. The zero-order valence-corrected chi connectivity index (χ0v) is 11.3. The van der Waals surface area contributed by atoms with Crippen LogP contribution < -0.4 is 10.1 Å². The van der Waals surface area contributed by atoms with Crippen molar-refractivity contribution >= 4 is 11.9 Å². The predicted octanol–water partition coefficient (Wildman–Crippen LogP) is 1.46. The van der Waals surface area contributed by atoms with E-state index in [2.05, 4.69) is 5.32 Å². The highest BCUT2D eigenvalue weighted by Crippen LogP contribution is 2.12. The minimum Gasteiger partial charge on any atom is -0.497 e. The molecule has 0 spiro atoms. The van der Waals surface area contributed by atoms with Gasteiger partial charge in [-0.15, -0.1) is 0 Å².